The van der Waals surface area contributed by atoms with Gasteiger partial charge in [0.05, 0.1) is 18.4 Å². The molecule has 4 aromatic rings. The SMILES string of the molecule is COc1ccc(-c2cc(=O)oc3c(C)c4c(cc23)CN(c2ccccc2C(F)(F)F)CO4)cc1. The number of rotatable bonds is 3. The van der Waals surface area contributed by atoms with Crippen LogP contribution in [0, 0.1) is 6.92 Å². The summed E-state index contributed by atoms with van der Waals surface area (Å²) in [5.74, 6) is 1.19. The fourth-order valence-electron chi connectivity index (χ4n) is 4.37. The molecule has 8 heteroatoms. The Labute approximate surface area is 192 Å². The molecule has 1 aliphatic heterocycles. The number of ether oxygens (including phenoxy) is 2. The molecule has 0 aliphatic carbocycles. The summed E-state index contributed by atoms with van der Waals surface area (Å²) < 4.78 is 57.4. The highest BCUT2D eigenvalue weighted by Crippen LogP contribution is 2.42. The summed E-state index contributed by atoms with van der Waals surface area (Å²) in [4.78, 5) is 13.9. The third-order valence-electron chi connectivity index (χ3n) is 5.97. The van der Waals surface area contributed by atoms with Crippen molar-refractivity contribution in [3.05, 3.63) is 87.8 Å². The number of aryl methyl sites for hydroxylation is 1. The normalized spacial score (nSPS) is 13.5. The first-order valence-corrected chi connectivity index (χ1v) is 10.5. The van der Waals surface area contributed by atoms with E-state index in [-0.39, 0.29) is 19.0 Å². The molecule has 5 rings (SSSR count). The minimum absolute atomic E-state index is 0.0494. The van der Waals surface area contributed by atoms with Gasteiger partial charge in [0.1, 0.15) is 17.1 Å². The molecule has 1 aliphatic rings. The third kappa shape index (κ3) is 3.75. The van der Waals surface area contributed by atoms with Crippen LogP contribution in [0.2, 0.25) is 0 Å². The quantitative estimate of drug-likeness (QED) is 0.338. The average Bonchev–Trinajstić information content (AvgIpc) is 2.83. The number of halogens is 3. The molecule has 0 atom stereocenters. The van der Waals surface area contributed by atoms with Crippen LogP contribution in [0.3, 0.4) is 0 Å². The number of methoxy groups -OCH3 is 1. The summed E-state index contributed by atoms with van der Waals surface area (Å²) in [6.45, 7) is 1.93. The van der Waals surface area contributed by atoms with Gasteiger partial charge in [-0.25, -0.2) is 4.79 Å². The van der Waals surface area contributed by atoms with Crippen LogP contribution in [0.25, 0.3) is 22.1 Å². The van der Waals surface area contributed by atoms with Gasteiger partial charge in [0.15, 0.2) is 6.73 Å². The molecule has 174 valence electrons. The predicted octanol–water partition coefficient (Wildman–Crippen LogP) is 6.15. The molecule has 2 heterocycles. The van der Waals surface area contributed by atoms with Gasteiger partial charge in [-0.1, -0.05) is 24.3 Å². The maximum atomic E-state index is 13.6. The first-order valence-electron chi connectivity index (χ1n) is 10.5. The van der Waals surface area contributed by atoms with Gasteiger partial charge < -0.3 is 18.8 Å². The van der Waals surface area contributed by atoms with Crippen molar-refractivity contribution < 1.29 is 27.1 Å². The Bertz CT molecular complexity index is 1440. The fraction of sp³-hybridized carbons (Fsp3) is 0.192. The Hall–Kier alpha value is -3.94. The largest absolute Gasteiger partial charge is 0.497 e. The van der Waals surface area contributed by atoms with Crippen LogP contribution in [-0.4, -0.2) is 13.8 Å². The Morgan fingerprint density at radius 3 is 2.47 bits per heavy atom. The maximum Gasteiger partial charge on any atom is 0.418 e. The second kappa shape index (κ2) is 8.13. The first kappa shape index (κ1) is 21.9. The molecule has 0 N–H and O–H groups in total. The van der Waals surface area contributed by atoms with Crippen molar-refractivity contribution in [1.29, 1.82) is 0 Å². The van der Waals surface area contributed by atoms with Crippen molar-refractivity contribution >= 4 is 16.7 Å². The lowest BCUT2D eigenvalue weighted by molar-refractivity contribution is -0.137. The molecule has 0 bridgehead atoms. The van der Waals surface area contributed by atoms with Crippen LogP contribution in [0.5, 0.6) is 11.5 Å². The lowest BCUT2D eigenvalue weighted by Crippen LogP contribution is -2.33. The standard InChI is InChI=1S/C26H20F3NO4/c1-15-24-17(13-30(14-33-24)22-6-4-3-5-21(22)26(27,28)29)11-20-19(12-23(31)34-25(15)20)16-7-9-18(32-2)10-8-16/h3-12H,13-14H2,1-2H3. The number of fused-ring (bicyclic) bond motifs is 2. The van der Waals surface area contributed by atoms with E-state index in [1.54, 1.807) is 37.1 Å². The molecular formula is C26H20F3NO4. The molecular weight excluding hydrogens is 447 g/mol. The second-order valence-electron chi connectivity index (χ2n) is 8.06. The zero-order valence-corrected chi connectivity index (χ0v) is 18.4. The molecule has 0 amide bonds. The molecule has 1 aromatic heterocycles. The van der Waals surface area contributed by atoms with Crippen molar-refractivity contribution in [1.82, 2.24) is 0 Å². The van der Waals surface area contributed by atoms with Crippen LogP contribution in [0.4, 0.5) is 18.9 Å². The highest BCUT2D eigenvalue weighted by molar-refractivity contribution is 5.96. The van der Waals surface area contributed by atoms with E-state index < -0.39 is 17.4 Å². The number of anilines is 1. The predicted molar refractivity (Wildman–Crippen MR) is 122 cm³/mol. The highest BCUT2D eigenvalue weighted by atomic mass is 19.4. The summed E-state index contributed by atoms with van der Waals surface area (Å²) in [6.07, 6.45) is -4.49. The van der Waals surface area contributed by atoms with Gasteiger partial charge in [-0.2, -0.15) is 13.2 Å². The molecule has 0 fully saturated rings. The van der Waals surface area contributed by atoms with Crippen LogP contribution >= 0.6 is 0 Å². The third-order valence-corrected chi connectivity index (χ3v) is 5.97. The summed E-state index contributed by atoms with van der Waals surface area (Å²) in [6, 6.07) is 15.9. The van der Waals surface area contributed by atoms with Gasteiger partial charge in [0, 0.05) is 29.1 Å². The van der Waals surface area contributed by atoms with E-state index in [2.05, 4.69) is 0 Å². The number of benzene rings is 3. The molecule has 0 saturated heterocycles. The molecule has 0 saturated carbocycles. The van der Waals surface area contributed by atoms with Gasteiger partial charge in [-0.3, -0.25) is 0 Å². The molecule has 34 heavy (non-hydrogen) atoms. The van der Waals surface area contributed by atoms with E-state index in [1.807, 2.05) is 18.2 Å². The molecule has 5 nitrogen and oxygen atoms in total. The first-order chi connectivity index (χ1) is 16.3. The van der Waals surface area contributed by atoms with Gasteiger partial charge in [0.2, 0.25) is 0 Å². The zero-order chi connectivity index (χ0) is 24.0. The van der Waals surface area contributed by atoms with E-state index in [0.29, 0.717) is 39.2 Å². The van der Waals surface area contributed by atoms with Crippen molar-refractivity contribution in [2.45, 2.75) is 19.6 Å². The fourth-order valence-corrected chi connectivity index (χ4v) is 4.37. The Morgan fingerprint density at radius 2 is 1.76 bits per heavy atom. The van der Waals surface area contributed by atoms with Crippen molar-refractivity contribution in [2.75, 3.05) is 18.7 Å². The van der Waals surface area contributed by atoms with Gasteiger partial charge in [-0.15, -0.1) is 0 Å². The average molecular weight is 467 g/mol. The number of hydrogen-bond donors (Lipinski definition) is 0. The van der Waals surface area contributed by atoms with Crippen LogP contribution < -0.4 is 20.0 Å². The smallest absolute Gasteiger partial charge is 0.418 e. The lowest BCUT2D eigenvalue weighted by Gasteiger charge is -2.33. The molecule has 0 radical (unpaired) electrons. The minimum Gasteiger partial charge on any atom is -0.497 e. The van der Waals surface area contributed by atoms with E-state index >= 15 is 0 Å². The van der Waals surface area contributed by atoms with E-state index in [4.69, 9.17) is 13.9 Å². The topological polar surface area (TPSA) is 51.9 Å². The monoisotopic (exact) mass is 467 g/mol. The van der Waals surface area contributed by atoms with Crippen LogP contribution in [0.15, 0.2) is 69.9 Å². The van der Waals surface area contributed by atoms with E-state index in [0.717, 1.165) is 11.6 Å². The molecule has 0 spiro atoms. The van der Waals surface area contributed by atoms with E-state index in [9.17, 15) is 18.0 Å². The summed E-state index contributed by atoms with van der Waals surface area (Å²) in [7, 11) is 1.57. The number of nitrogens with zero attached hydrogens (tertiary/aromatic N) is 1. The molecule has 0 unspecified atom stereocenters. The van der Waals surface area contributed by atoms with Crippen molar-refractivity contribution in [3.8, 4) is 22.6 Å². The Kier molecular flexibility index (Phi) is 5.23. The summed E-state index contributed by atoms with van der Waals surface area (Å²) in [5.41, 5.74) is 2.00. The zero-order valence-electron chi connectivity index (χ0n) is 18.4. The number of para-hydroxylation sites is 1. The minimum atomic E-state index is -4.49. The van der Waals surface area contributed by atoms with Crippen LogP contribution in [0.1, 0.15) is 16.7 Å². The Morgan fingerprint density at radius 1 is 1.03 bits per heavy atom. The van der Waals surface area contributed by atoms with Gasteiger partial charge in [0.25, 0.3) is 0 Å². The molecule has 3 aromatic carbocycles. The van der Waals surface area contributed by atoms with Gasteiger partial charge >= 0.3 is 11.8 Å². The van der Waals surface area contributed by atoms with Gasteiger partial charge in [-0.05, 0) is 48.4 Å². The lowest BCUT2D eigenvalue weighted by atomic mass is 9.96. The number of alkyl halides is 3. The summed E-state index contributed by atoms with van der Waals surface area (Å²) in [5, 5.41) is 0.676. The maximum absolute atomic E-state index is 13.6. The number of hydrogen-bond acceptors (Lipinski definition) is 5. The van der Waals surface area contributed by atoms with Crippen molar-refractivity contribution in [2.24, 2.45) is 0 Å². The van der Waals surface area contributed by atoms with E-state index in [1.165, 1.54) is 18.2 Å². The summed E-state index contributed by atoms with van der Waals surface area (Å²) >= 11 is 0. The Balaban J connectivity index is 1.64. The second-order valence-corrected chi connectivity index (χ2v) is 8.06. The van der Waals surface area contributed by atoms with Crippen LogP contribution in [-0.2, 0) is 12.7 Å². The van der Waals surface area contributed by atoms with Crippen molar-refractivity contribution in [3.63, 3.8) is 0 Å². The highest BCUT2D eigenvalue weighted by Gasteiger charge is 2.35.